The van der Waals surface area contributed by atoms with E-state index in [1.165, 1.54) is 12.1 Å². The van der Waals surface area contributed by atoms with Gasteiger partial charge in [0.15, 0.2) is 0 Å². The summed E-state index contributed by atoms with van der Waals surface area (Å²) in [7, 11) is -4.38. The molecular weight excluding hydrogens is 545 g/mol. The van der Waals surface area contributed by atoms with Gasteiger partial charge in [0.25, 0.3) is 0 Å². The number of hydrogen-bond donors (Lipinski definition) is 3. The summed E-state index contributed by atoms with van der Waals surface area (Å²) < 4.78 is 27.9. The second kappa shape index (κ2) is 12.4. The Kier molecular flexibility index (Phi) is 8.50. The minimum absolute atomic E-state index is 0.0406. The van der Waals surface area contributed by atoms with Gasteiger partial charge >= 0.3 is 19.9 Å². The molecule has 0 saturated heterocycles. The molecule has 41 heavy (non-hydrogen) atoms. The van der Waals surface area contributed by atoms with Crippen molar-refractivity contribution in [1.82, 2.24) is 5.32 Å². The van der Waals surface area contributed by atoms with Gasteiger partial charge in [0.05, 0.1) is 6.61 Å². The first-order valence-electron chi connectivity index (χ1n) is 12.9. The van der Waals surface area contributed by atoms with Crippen LogP contribution in [0.5, 0.6) is 5.75 Å². The van der Waals surface area contributed by atoms with Crippen molar-refractivity contribution in [2.45, 2.75) is 25.0 Å². The van der Waals surface area contributed by atoms with E-state index in [1.54, 1.807) is 36.4 Å². The summed E-state index contributed by atoms with van der Waals surface area (Å²) >= 11 is 0. The highest BCUT2D eigenvalue weighted by Crippen LogP contribution is 2.45. The number of nitrogens with one attached hydrogen (secondary N) is 1. The fourth-order valence-corrected chi connectivity index (χ4v) is 5.55. The maximum absolute atomic E-state index is 12.6. The molecule has 1 amide bonds. The van der Waals surface area contributed by atoms with Gasteiger partial charge in [-0.25, -0.2) is 14.2 Å². The Morgan fingerprint density at radius 3 is 2.00 bits per heavy atom. The van der Waals surface area contributed by atoms with Crippen molar-refractivity contribution in [3.05, 3.63) is 125 Å². The number of phosphoric acid groups is 1. The molecule has 4 aromatic rings. The van der Waals surface area contributed by atoms with Crippen molar-refractivity contribution < 1.29 is 37.9 Å². The first-order chi connectivity index (χ1) is 19.8. The first-order valence-corrected chi connectivity index (χ1v) is 14.4. The number of alkyl carbamates (subject to hydrolysis) is 1. The highest BCUT2D eigenvalue weighted by Gasteiger charge is 2.30. The van der Waals surface area contributed by atoms with Crippen LogP contribution >= 0.6 is 7.82 Å². The van der Waals surface area contributed by atoms with Gasteiger partial charge in [0.1, 0.15) is 18.4 Å². The van der Waals surface area contributed by atoms with Crippen molar-refractivity contribution in [2.75, 3.05) is 6.61 Å². The molecule has 9 nitrogen and oxygen atoms in total. The predicted octanol–water partition coefficient (Wildman–Crippen LogP) is 5.92. The Balaban J connectivity index is 1.15. The lowest BCUT2D eigenvalue weighted by atomic mass is 9.98. The molecule has 2 unspecified atom stereocenters. The van der Waals surface area contributed by atoms with Crippen LogP contribution in [0.25, 0.3) is 11.1 Å². The number of ether oxygens (including phenoxy) is 1. The number of aliphatic carboxylic acids is 1. The van der Waals surface area contributed by atoms with Gasteiger partial charge < -0.3 is 19.7 Å². The number of fused-ring (bicyclic) bond motifs is 3. The summed E-state index contributed by atoms with van der Waals surface area (Å²) in [4.78, 5) is 34.5. The Bertz CT molecular complexity index is 1530. The summed E-state index contributed by atoms with van der Waals surface area (Å²) in [6, 6.07) is 29.4. The summed E-state index contributed by atoms with van der Waals surface area (Å²) in [6.07, 6.45) is -0.878. The van der Waals surface area contributed by atoms with Crippen LogP contribution in [0.3, 0.4) is 0 Å². The zero-order valence-electron chi connectivity index (χ0n) is 21.9. The summed E-state index contributed by atoms with van der Waals surface area (Å²) in [5.74, 6) is -1.31. The van der Waals surface area contributed by atoms with Gasteiger partial charge in [0.2, 0.25) is 0 Å². The lowest BCUT2D eigenvalue weighted by Crippen LogP contribution is -2.42. The van der Waals surface area contributed by atoms with E-state index in [1.807, 2.05) is 54.6 Å². The number of carboxylic acid groups (broad SMARTS) is 1. The molecule has 4 aromatic carbocycles. The topological polar surface area (TPSA) is 131 Å². The van der Waals surface area contributed by atoms with E-state index in [0.29, 0.717) is 11.1 Å². The van der Waals surface area contributed by atoms with E-state index in [2.05, 4.69) is 5.32 Å². The Morgan fingerprint density at radius 1 is 0.805 bits per heavy atom. The number of benzene rings is 4. The van der Waals surface area contributed by atoms with Crippen molar-refractivity contribution in [3.63, 3.8) is 0 Å². The maximum Gasteiger partial charge on any atom is 0.527 e. The molecule has 0 bridgehead atoms. The number of carbonyl (C=O) groups excluding carboxylic acids is 1. The van der Waals surface area contributed by atoms with Crippen LogP contribution in [0.4, 0.5) is 4.79 Å². The third-order valence-electron chi connectivity index (χ3n) is 6.75. The molecule has 0 saturated carbocycles. The van der Waals surface area contributed by atoms with Gasteiger partial charge in [-0.05, 0) is 45.5 Å². The molecule has 0 aliphatic heterocycles. The van der Waals surface area contributed by atoms with Crippen LogP contribution in [-0.2, 0) is 31.6 Å². The van der Waals surface area contributed by atoms with Gasteiger partial charge in [-0.3, -0.25) is 9.42 Å². The van der Waals surface area contributed by atoms with E-state index in [0.717, 1.165) is 22.3 Å². The predicted molar refractivity (Wildman–Crippen MR) is 151 cm³/mol. The third-order valence-corrected chi connectivity index (χ3v) is 7.65. The minimum atomic E-state index is -4.38. The molecule has 5 rings (SSSR count). The molecule has 0 spiro atoms. The SMILES string of the molecule is O=C(NC(Cc1ccc(OP(=O)(O)OCc2ccccc2)cc1)C(=O)O)OCC1c2ccccc2-c2ccccc21. The highest BCUT2D eigenvalue weighted by molar-refractivity contribution is 7.47. The lowest BCUT2D eigenvalue weighted by molar-refractivity contribution is -0.139. The minimum Gasteiger partial charge on any atom is -0.480 e. The zero-order valence-corrected chi connectivity index (χ0v) is 22.8. The van der Waals surface area contributed by atoms with E-state index in [-0.39, 0.29) is 31.3 Å². The average molecular weight is 574 g/mol. The van der Waals surface area contributed by atoms with Crippen LogP contribution in [-0.4, -0.2) is 34.7 Å². The molecule has 0 fully saturated rings. The molecule has 210 valence electrons. The normalized spacial score (nSPS) is 14.3. The van der Waals surface area contributed by atoms with E-state index >= 15 is 0 Å². The highest BCUT2D eigenvalue weighted by atomic mass is 31.2. The van der Waals surface area contributed by atoms with E-state index in [4.69, 9.17) is 13.8 Å². The molecule has 0 heterocycles. The van der Waals surface area contributed by atoms with Crippen LogP contribution in [0, 0.1) is 0 Å². The maximum atomic E-state index is 12.6. The number of hydrogen-bond acceptors (Lipinski definition) is 6. The second-order valence-electron chi connectivity index (χ2n) is 9.53. The van der Waals surface area contributed by atoms with Gasteiger partial charge in [-0.1, -0.05) is 91.0 Å². The van der Waals surface area contributed by atoms with Gasteiger partial charge in [-0.15, -0.1) is 0 Å². The lowest BCUT2D eigenvalue weighted by Gasteiger charge is -2.18. The monoisotopic (exact) mass is 573 g/mol. The standard InChI is InChI=1S/C31H28NO8P/c33-30(34)29(18-21-14-16-23(17-15-21)40-41(36,37)39-19-22-8-2-1-3-9-22)32-31(35)38-20-28-26-12-6-4-10-24(26)25-11-5-7-13-27(25)28/h1-17,28-29H,18-20H2,(H,32,35)(H,33,34)(H,36,37). The Labute approximate surface area is 237 Å². The van der Waals surface area contributed by atoms with E-state index in [9.17, 15) is 24.2 Å². The van der Waals surface area contributed by atoms with Crippen LogP contribution < -0.4 is 9.84 Å². The average Bonchev–Trinajstić information content (AvgIpc) is 3.29. The van der Waals surface area contributed by atoms with Crippen molar-refractivity contribution in [1.29, 1.82) is 0 Å². The van der Waals surface area contributed by atoms with Crippen molar-refractivity contribution in [3.8, 4) is 16.9 Å². The Hall–Kier alpha value is -4.43. The molecule has 0 radical (unpaired) electrons. The van der Waals surface area contributed by atoms with Crippen LogP contribution in [0.1, 0.15) is 28.2 Å². The fraction of sp³-hybridized carbons (Fsp3) is 0.161. The summed E-state index contributed by atoms with van der Waals surface area (Å²) in [6.45, 7) is -0.0413. The Morgan fingerprint density at radius 2 is 1.39 bits per heavy atom. The van der Waals surface area contributed by atoms with E-state index < -0.39 is 25.9 Å². The molecule has 2 atom stereocenters. The molecule has 1 aliphatic rings. The smallest absolute Gasteiger partial charge is 0.480 e. The quantitative estimate of drug-likeness (QED) is 0.189. The number of carbonyl (C=O) groups is 2. The number of amides is 1. The van der Waals surface area contributed by atoms with Gasteiger partial charge in [-0.2, -0.15) is 0 Å². The van der Waals surface area contributed by atoms with Gasteiger partial charge in [0, 0.05) is 12.3 Å². The summed E-state index contributed by atoms with van der Waals surface area (Å²) in [5.41, 5.74) is 5.56. The molecule has 1 aliphatic carbocycles. The number of carboxylic acids is 1. The largest absolute Gasteiger partial charge is 0.527 e. The second-order valence-corrected chi connectivity index (χ2v) is 10.9. The first kappa shape index (κ1) is 28.1. The third kappa shape index (κ3) is 7.02. The molecule has 0 aromatic heterocycles. The zero-order chi connectivity index (χ0) is 28.8. The summed E-state index contributed by atoms with van der Waals surface area (Å²) in [5, 5.41) is 12.1. The van der Waals surface area contributed by atoms with Crippen molar-refractivity contribution >= 4 is 19.9 Å². The molecule has 3 N–H and O–H groups in total. The number of rotatable bonds is 11. The molecular formula is C31H28NO8P. The molecule has 10 heteroatoms. The fourth-order valence-electron chi connectivity index (χ4n) is 4.79. The number of phosphoric ester groups is 1. The van der Waals surface area contributed by atoms with Crippen LogP contribution in [0.15, 0.2) is 103 Å². The van der Waals surface area contributed by atoms with Crippen molar-refractivity contribution in [2.24, 2.45) is 0 Å². The van der Waals surface area contributed by atoms with Crippen LogP contribution in [0.2, 0.25) is 0 Å².